The van der Waals surface area contributed by atoms with Crippen LogP contribution in [0.1, 0.15) is 34.8 Å². The summed E-state index contributed by atoms with van der Waals surface area (Å²) in [5.74, 6) is 1.19. The van der Waals surface area contributed by atoms with Gasteiger partial charge in [0.05, 0.1) is 12.2 Å². The van der Waals surface area contributed by atoms with Crippen molar-refractivity contribution in [3.05, 3.63) is 51.9 Å². The van der Waals surface area contributed by atoms with Crippen LogP contribution in [-0.4, -0.2) is 57.5 Å². The van der Waals surface area contributed by atoms with Crippen LogP contribution < -0.4 is 4.90 Å². The number of halogens is 4. The maximum atomic E-state index is 12.9. The van der Waals surface area contributed by atoms with E-state index in [0.29, 0.717) is 18.9 Å². The summed E-state index contributed by atoms with van der Waals surface area (Å²) in [5, 5.41) is 0.0713. The Morgan fingerprint density at radius 3 is 2.73 bits per heavy atom. The van der Waals surface area contributed by atoms with Gasteiger partial charge in [0.15, 0.2) is 0 Å². The Morgan fingerprint density at radius 1 is 1.18 bits per heavy atom. The number of amides is 1. The SMILES string of the molecule is C#C[C@H]1CN(C(=O)C(F)(F)F)CCN1c1nc(Cl)nc2c1CN(C1CCc3ccccc31)C2. The summed E-state index contributed by atoms with van der Waals surface area (Å²) in [6.07, 6.45) is 2.76. The van der Waals surface area contributed by atoms with Crippen LogP contribution >= 0.6 is 11.6 Å². The van der Waals surface area contributed by atoms with E-state index in [1.165, 1.54) is 11.1 Å². The van der Waals surface area contributed by atoms with Crippen LogP contribution in [0.5, 0.6) is 0 Å². The Labute approximate surface area is 194 Å². The average Bonchev–Trinajstić information content (AvgIpc) is 3.40. The van der Waals surface area contributed by atoms with Crippen LogP contribution in [0.4, 0.5) is 19.0 Å². The van der Waals surface area contributed by atoms with Crippen molar-refractivity contribution in [1.82, 2.24) is 19.8 Å². The minimum atomic E-state index is -4.93. The van der Waals surface area contributed by atoms with Crippen LogP contribution in [0.25, 0.3) is 0 Å². The van der Waals surface area contributed by atoms with Crippen molar-refractivity contribution >= 4 is 23.3 Å². The Hall–Kier alpha value is -2.83. The maximum Gasteiger partial charge on any atom is 0.471 e. The molecule has 1 amide bonds. The smallest absolute Gasteiger partial charge is 0.339 e. The van der Waals surface area contributed by atoms with Gasteiger partial charge in [-0.25, -0.2) is 9.97 Å². The molecule has 0 radical (unpaired) electrons. The van der Waals surface area contributed by atoms with Crippen molar-refractivity contribution in [1.29, 1.82) is 0 Å². The number of piperazine rings is 1. The molecular weight excluding hydrogens is 455 g/mol. The number of carbonyl (C=O) groups is 1. The molecule has 1 saturated heterocycles. The molecule has 1 aromatic heterocycles. The molecule has 2 aliphatic heterocycles. The van der Waals surface area contributed by atoms with Gasteiger partial charge in [-0.05, 0) is 35.6 Å². The largest absolute Gasteiger partial charge is 0.471 e. The lowest BCUT2D eigenvalue weighted by atomic mass is 10.1. The fraction of sp³-hybridized carbons (Fsp3) is 0.435. The van der Waals surface area contributed by atoms with Gasteiger partial charge in [0.1, 0.15) is 11.9 Å². The van der Waals surface area contributed by atoms with Gasteiger partial charge in [0.25, 0.3) is 0 Å². The first-order valence-electron chi connectivity index (χ1n) is 10.7. The number of hydrogen-bond donors (Lipinski definition) is 0. The minimum Gasteiger partial charge on any atom is -0.339 e. The van der Waals surface area contributed by atoms with E-state index in [1.807, 2.05) is 12.1 Å². The molecule has 0 saturated carbocycles. The van der Waals surface area contributed by atoms with Gasteiger partial charge < -0.3 is 9.80 Å². The molecule has 0 bridgehead atoms. The van der Waals surface area contributed by atoms with Crippen LogP contribution in [-0.2, 0) is 24.3 Å². The first kappa shape index (κ1) is 22.0. The number of rotatable bonds is 2. The highest BCUT2D eigenvalue weighted by Gasteiger charge is 2.45. The molecule has 172 valence electrons. The van der Waals surface area contributed by atoms with E-state index in [9.17, 15) is 18.0 Å². The van der Waals surface area contributed by atoms with Gasteiger partial charge >= 0.3 is 12.1 Å². The van der Waals surface area contributed by atoms with Crippen LogP contribution in [0.15, 0.2) is 24.3 Å². The topological polar surface area (TPSA) is 52.6 Å². The first-order chi connectivity index (χ1) is 15.8. The van der Waals surface area contributed by atoms with Gasteiger partial charge in [-0.15, -0.1) is 6.42 Å². The highest BCUT2D eigenvalue weighted by atomic mass is 35.5. The predicted molar refractivity (Wildman–Crippen MR) is 116 cm³/mol. The molecule has 1 aromatic carbocycles. The zero-order valence-electron chi connectivity index (χ0n) is 17.6. The number of hydrogen-bond acceptors (Lipinski definition) is 5. The minimum absolute atomic E-state index is 0.0713. The summed E-state index contributed by atoms with van der Waals surface area (Å²) >= 11 is 6.23. The molecule has 2 atom stereocenters. The monoisotopic (exact) mass is 475 g/mol. The molecule has 1 unspecified atom stereocenters. The molecule has 0 N–H and O–H groups in total. The van der Waals surface area contributed by atoms with Crippen molar-refractivity contribution in [3.8, 4) is 12.3 Å². The number of benzene rings is 1. The van der Waals surface area contributed by atoms with E-state index in [4.69, 9.17) is 18.0 Å². The molecule has 3 heterocycles. The first-order valence-corrected chi connectivity index (χ1v) is 11.1. The number of carbonyl (C=O) groups excluding carboxylic acids is 1. The van der Waals surface area contributed by atoms with E-state index < -0.39 is 18.1 Å². The van der Waals surface area contributed by atoms with Crippen LogP contribution in [0, 0.1) is 12.3 Å². The van der Waals surface area contributed by atoms with Gasteiger partial charge in [-0.2, -0.15) is 13.2 Å². The lowest BCUT2D eigenvalue weighted by molar-refractivity contribution is -0.186. The normalized spacial score (nSPS) is 22.8. The highest BCUT2D eigenvalue weighted by molar-refractivity contribution is 6.28. The van der Waals surface area contributed by atoms with Crippen molar-refractivity contribution in [2.24, 2.45) is 0 Å². The lowest BCUT2D eigenvalue weighted by Crippen LogP contribution is -2.57. The van der Waals surface area contributed by atoms with Gasteiger partial charge in [-0.1, -0.05) is 30.2 Å². The van der Waals surface area contributed by atoms with Crippen molar-refractivity contribution in [2.75, 3.05) is 24.5 Å². The Kier molecular flexibility index (Phi) is 5.46. The third kappa shape index (κ3) is 3.91. The summed E-state index contributed by atoms with van der Waals surface area (Å²) < 4.78 is 38.7. The maximum absolute atomic E-state index is 12.9. The van der Waals surface area contributed by atoms with E-state index >= 15 is 0 Å². The van der Waals surface area contributed by atoms with Crippen molar-refractivity contribution < 1.29 is 18.0 Å². The number of alkyl halides is 3. The zero-order chi connectivity index (χ0) is 23.3. The van der Waals surface area contributed by atoms with E-state index in [2.05, 4.69) is 32.9 Å². The third-order valence-electron chi connectivity index (χ3n) is 6.67. The fourth-order valence-corrected chi connectivity index (χ4v) is 5.33. The van der Waals surface area contributed by atoms with E-state index in [1.54, 1.807) is 4.90 Å². The summed E-state index contributed by atoms with van der Waals surface area (Å²) in [7, 11) is 0. The summed E-state index contributed by atoms with van der Waals surface area (Å²) in [5.41, 5.74) is 4.35. The molecule has 3 aliphatic rings. The van der Waals surface area contributed by atoms with Gasteiger partial charge in [-0.3, -0.25) is 9.69 Å². The Balaban J connectivity index is 1.41. The molecule has 1 fully saturated rings. The number of aryl methyl sites for hydroxylation is 1. The Morgan fingerprint density at radius 2 is 1.97 bits per heavy atom. The quantitative estimate of drug-likeness (QED) is 0.492. The fourth-order valence-electron chi connectivity index (χ4n) is 5.15. The second-order valence-electron chi connectivity index (χ2n) is 8.52. The third-order valence-corrected chi connectivity index (χ3v) is 6.84. The zero-order valence-corrected chi connectivity index (χ0v) is 18.4. The molecule has 2 aromatic rings. The molecule has 0 spiro atoms. The standard InChI is InChI=1S/C23H21ClF3N5O/c1-2-15-11-30(21(33)23(25,26)27)9-10-32(15)20-17-12-31(13-18(17)28-22(24)29-20)19-8-7-14-5-3-4-6-16(14)19/h1,3-6,15,19H,7-13H2/t15-,19?/m0/s1. The van der Waals surface area contributed by atoms with Crippen LogP contribution in [0.3, 0.4) is 0 Å². The van der Waals surface area contributed by atoms with Gasteiger partial charge in [0.2, 0.25) is 5.28 Å². The van der Waals surface area contributed by atoms with Crippen LogP contribution in [0.2, 0.25) is 5.28 Å². The van der Waals surface area contributed by atoms with Crippen molar-refractivity contribution in [2.45, 2.75) is 44.2 Å². The number of terminal acetylenes is 1. The molecule has 5 rings (SSSR count). The Bertz CT molecular complexity index is 1150. The second kappa shape index (κ2) is 8.19. The summed E-state index contributed by atoms with van der Waals surface area (Å²) in [4.78, 5) is 25.4. The highest BCUT2D eigenvalue weighted by Crippen LogP contribution is 2.42. The van der Waals surface area contributed by atoms with Gasteiger partial charge in [0, 0.05) is 37.8 Å². The molecule has 33 heavy (non-hydrogen) atoms. The van der Waals surface area contributed by atoms with E-state index in [-0.39, 0.29) is 31.0 Å². The summed E-state index contributed by atoms with van der Waals surface area (Å²) in [6, 6.07) is 7.91. The predicted octanol–water partition coefficient (Wildman–Crippen LogP) is 3.35. The molecule has 10 heteroatoms. The number of anilines is 1. The number of aromatic nitrogens is 2. The van der Waals surface area contributed by atoms with E-state index in [0.717, 1.165) is 29.0 Å². The average molecular weight is 476 g/mol. The number of fused-ring (bicyclic) bond motifs is 2. The second-order valence-corrected chi connectivity index (χ2v) is 8.86. The lowest BCUT2D eigenvalue weighted by Gasteiger charge is -2.40. The molecular formula is C23H21ClF3N5O. The summed E-state index contributed by atoms with van der Waals surface area (Å²) in [6.45, 7) is 0.997. The number of nitrogens with zero attached hydrogens (tertiary/aromatic N) is 5. The van der Waals surface area contributed by atoms with Crippen molar-refractivity contribution in [3.63, 3.8) is 0 Å². The molecule has 1 aliphatic carbocycles. The molecule has 6 nitrogen and oxygen atoms in total.